The van der Waals surface area contributed by atoms with Crippen molar-refractivity contribution in [3.8, 4) is 10.4 Å². The Morgan fingerprint density at radius 2 is 2.08 bits per heavy atom. The molecule has 1 aromatic carbocycles. The number of anilines is 1. The molecule has 1 unspecified atom stereocenters. The quantitative estimate of drug-likeness (QED) is 0.761. The number of nitrogens with zero attached hydrogens (tertiary/aromatic N) is 2. The number of amides is 1. The molecule has 0 radical (unpaired) electrons. The van der Waals surface area contributed by atoms with Crippen LogP contribution in [0.4, 0.5) is 10.6 Å². The second kappa shape index (κ2) is 8.18. The van der Waals surface area contributed by atoms with Crippen LogP contribution in [0.5, 0.6) is 0 Å². The van der Waals surface area contributed by atoms with Crippen LogP contribution < -0.4 is 5.32 Å². The van der Waals surface area contributed by atoms with E-state index < -0.39 is 6.09 Å². The van der Waals surface area contributed by atoms with Crippen LogP contribution in [0.3, 0.4) is 0 Å². The number of carbonyl (C=O) groups excluding carboxylic acids is 1. The van der Waals surface area contributed by atoms with Crippen LogP contribution in [0, 0.1) is 11.8 Å². The van der Waals surface area contributed by atoms with Gasteiger partial charge in [0.1, 0.15) is 0 Å². The highest BCUT2D eigenvalue weighted by molar-refractivity contribution is 7.13. The van der Waals surface area contributed by atoms with Gasteiger partial charge in [-0.05, 0) is 56.2 Å². The van der Waals surface area contributed by atoms with Gasteiger partial charge >= 0.3 is 6.09 Å². The van der Waals surface area contributed by atoms with Crippen LogP contribution in [0.15, 0.2) is 35.8 Å². The monoisotopic (exact) mass is 371 g/mol. The number of hydrogen-bond acceptors (Lipinski definition) is 5. The minimum absolute atomic E-state index is 0.415. The van der Waals surface area contributed by atoms with Gasteiger partial charge in [0.05, 0.1) is 17.0 Å². The Labute approximate surface area is 158 Å². The highest BCUT2D eigenvalue weighted by Crippen LogP contribution is 2.35. The molecule has 26 heavy (non-hydrogen) atoms. The van der Waals surface area contributed by atoms with E-state index in [1.54, 1.807) is 5.51 Å². The summed E-state index contributed by atoms with van der Waals surface area (Å²) in [5.41, 5.74) is 2.79. The second-order valence-corrected chi connectivity index (χ2v) is 8.05. The Morgan fingerprint density at radius 3 is 2.81 bits per heavy atom. The summed E-state index contributed by atoms with van der Waals surface area (Å²) in [6.45, 7) is 4.25. The molecule has 0 spiro atoms. The molecule has 3 aliphatic rings. The van der Waals surface area contributed by atoms with Gasteiger partial charge in [0.15, 0.2) is 5.82 Å². The van der Waals surface area contributed by atoms with E-state index in [-0.39, 0.29) is 0 Å². The summed E-state index contributed by atoms with van der Waals surface area (Å²) >= 11 is 1.51. The molecule has 5 nitrogen and oxygen atoms in total. The van der Waals surface area contributed by atoms with E-state index in [0.717, 1.165) is 35.1 Å². The van der Waals surface area contributed by atoms with Gasteiger partial charge < -0.3 is 9.64 Å². The highest BCUT2D eigenvalue weighted by Gasteiger charge is 2.33. The fraction of sp³-hybridized carbons (Fsp3) is 0.500. The fourth-order valence-electron chi connectivity index (χ4n) is 4.19. The molecule has 4 heterocycles. The SMILES string of the molecule is O=C(Nc1ncsc1-c1ccccc1)OCCCC1CN2CCC1CC2. The number of rotatable bonds is 6. The van der Waals surface area contributed by atoms with Gasteiger partial charge in [-0.15, -0.1) is 11.3 Å². The van der Waals surface area contributed by atoms with Gasteiger partial charge in [0, 0.05) is 6.54 Å². The van der Waals surface area contributed by atoms with Gasteiger partial charge in [0.25, 0.3) is 0 Å². The summed E-state index contributed by atoms with van der Waals surface area (Å²) in [4.78, 5) is 19.9. The van der Waals surface area contributed by atoms with Crippen LogP contribution in [0.25, 0.3) is 10.4 Å². The van der Waals surface area contributed by atoms with E-state index in [1.807, 2.05) is 30.3 Å². The van der Waals surface area contributed by atoms with E-state index >= 15 is 0 Å². The Hall–Kier alpha value is -1.92. The molecule has 3 saturated heterocycles. The Bertz CT molecular complexity index is 726. The van der Waals surface area contributed by atoms with Crippen molar-refractivity contribution in [2.75, 3.05) is 31.6 Å². The first kappa shape index (κ1) is 17.5. The summed E-state index contributed by atoms with van der Waals surface area (Å²) in [7, 11) is 0. The number of ether oxygens (including phenoxy) is 1. The number of nitrogens with one attached hydrogen (secondary N) is 1. The van der Waals surface area contributed by atoms with Gasteiger partial charge in [-0.25, -0.2) is 9.78 Å². The van der Waals surface area contributed by atoms with E-state index in [0.29, 0.717) is 12.4 Å². The minimum atomic E-state index is -0.415. The average Bonchev–Trinajstić information content (AvgIpc) is 3.15. The van der Waals surface area contributed by atoms with Crippen molar-refractivity contribution >= 4 is 23.2 Å². The number of carbonyl (C=O) groups is 1. The van der Waals surface area contributed by atoms with Gasteiger partial charge in [-0.2, -0.15) is 0 Å². The summed E-state index contributed by atoms with van der Waals surface area (Å²) in [6.07, 6.45) is 4.36. The molecular formula is C20H25N3O2S. The molecule has 6 heteroatoms. The Balaban J connectivity index is 1.22. The van der Waals surface area contributed by atoms with Crippen LogP contribution in [-0.4, -0.2) is 42.2 Å². The number of hydrogen-bond donors (Lipinski definition) is 1. The second-order valence-electron chi connectivity index (χ2n) is 7.20. The molecule has 2 bridgehead atoms. The summed E-state index contributed by atoms with van der Waals surface area (Å²) in [6, 6.07) is 9.95. The molecule has 1 atom stereocenters. The zero-order chi connectivity index (χ0) is 17.8. The predicted molar refractivity (Wildman–Crippen MR) is 104 cm³/mol. The number of piperidine rings is 3. The van der Waals surface area contributed by atoms with Gasteiger partial charge in [0.2, 0.25) is 0 Å². The largest absolute Gasteiger partial charge is 0.449 e. The first-order chi connectivity index (χ1) is 12.8. The van der Waals surface area contributed by atoms with Gasteiger partial charge in [-0.1, -0.05) is 30.3 Å². The van der Waals surface area contributed by atoms with E-state index in [1.165, 1.54) is 43.8 Å². The molecule has 0 saturated carbocycles. The van der Waals surface area contributed by atoms with E-state index in [4.69, 9.17) is 4.74 Å². The zero-order valence-electron chi connectivity index (χ0n) is 14.9. The molecule has 0 aliphatic carbocycles. The molecule has 3 aliphatic heterocycles. The molecule has 3 fully saturated rings. The fourth-order valence-corrected chi connectivity index (χ4v) is 4.94. The van der Waals surface area contributed by atoms with E-state index in [9.17, 15) is 4.79 Å². The topological polar surface area (TPSA) is 54.5 Å². The van der Waals surface area contributed by atoms with Crippen molar-refractivity contribution in [1.82, 2.24) is 9.88 Å². The third-order valence-corrected chi connectivity index (χ3v) is 6.44. The number of fused-ring (bicyclic) bond motifs is 3. The number of benzene rings is 1. The van der Waals surface area contributed by atoms with Crippen molar-refractivity contribution in [3.63, 3.8) is 0 Å². The molecular weight excluding hydrogens is 346 g/mol. The molecule has 1 aromatic heterocycles. The molecule has 1 N–H and O–H groups in total. The smallest absolute Gasteiger partial charge is 0.412 e. The predicted octanol–water partition coefficient (Wildman–Crippen LogP) is 4.48. The first-order valence-corrected chi connectivity index (χ1v) is 10.3. The lowest BCUT2D eigenvalue weighted by Gasteiger charge is -2.45. The highest BCUT2D eigenvalue weighted by atomic mass is 32.1. The standard InChI is InChI=1S/C20H25N3O2S/c24-20(22-19-18(26-14-21-19)16-5-2-1-3-6-16)25-12-4-7-17-13-23-10-8-15(17)9-11-23/h1-3,5-6,14-15,17H,4,7-13H2,(H,22,24). The summed E-state index contributed by atoms with van der Waals surface area (Å²) in [5.74, 6) is 2.24. The summed E-state index contributed by atoms with van der Waals surface area (Å²) in [5, 5.41) is 2.78. The summed E-state index contributed by atoms with van der Waals surface area (Å²) < 4.78 is 5.38. The average molecular weight is 372 g/mol. The first-order valence-electron chi connectivity index (χ1n) is 9.44. The zero-order valence-corrected chi connectivity index (χ0v) is 15.7. The van der Waals surface area contributed by atoms with Crippen LogP contribution in [0.2, 0.25) is 0 Å². The number of thiazole rings is 1. The van der Waals surface area contributed by atoms with Crippen LogP contribution >= 0.6 is 11.3 Å². The van der Waals surface area contributed by atoms with Crippen molar-refractivity contribution in [3.05, 3.63) is 35.8 Å². The van der Waals surface area contributed by atoms with Crippen molar-refractivity contribution in [1.29, 1.82) is 0 Å². The van der Waals surface area contributed by atoms with Crippen LogP contribution in [0.1, 0.15) is 25.7 Å². The molecule has 138 valence electrons. The van der Waals surface area contributed by atoms with Crippen molar-refractivity contribution in [2.24, 2.45) is 11.8 Å². The van der Waals surface area contributed by atoms with Crippen molar-refractivity contribution in [2.45, 2.75) is 25.7 Å². The Kier molecular flexibility index (Phi) is 5.51. The van der Waals surface area contributed by atoms with Crippen LogP contribution in [-0.2, 0) is 4.74 Å². The van der Waals surface area contributed by atoms with Gasteiger partial charge in [-0.3, -0.25) is 5.32 Å². The van der Waals surface area contributed by atoms with E-state index in [2.05, 4.69) is 15.2 Å². The third-order valence-electron chi connectivity index (χ3n) is 5.57. The maximum atomic E-state index is 12.1. The lowest BCUT2D eigenvalue weighted by atomic mass is 9.77. The van der Waals surface area contributed by atoms with Crippen molar-refractivity contribution < 1.29 is 9.53 Å². The lowest BCUT2D eigenvalue weighted by Crippen LogP contribution is -2.47. The molecule has 5 rings (SSSR count). The lowest BCUT2D eigenvalue weighted by molar-refractivity contribution is 0.0426. The molecule has 2 aromatic rings. The normalized spacial score (nSPS) is 24.4. The Morgan fingerprint density at radius 1 is 1.27 bits per heavy atom. The maximum absolute atomic E-state index is 12.1. The maximum Gasteiger partial charge on any atom is 0.412 e. The molecule has 1 amide bonds. The third kappa shape index (κ3) is 4.07. The minimum Gasteiger partial charge on any atom is -0.449 e. The number of aromatic nitrogens is 1.